The minimum atomic E-state index is 0.370. The minimum Gasteiger partial charge on any atom is -0.481 e. The van der Waals surface area contributed by atoms with Crippen molar-refractivity contribution in [1.29, 1.82) is 0 Å². The fourth-order valence-corrected chi connectivity index (χ4v) is 1.20. The maximum Gasteiger partial charge on any atom is 0.218 e. The largest absolute Gasteiger partial charge is 0.481 e. The van der Waals surface area contributed by atoms with Gasteiger partial charge in [-0.25, -0.2) is 4.98 Å². The normalized spacial score (nSPS) is 12.2. The summed E-state index contributed by atoms with van der Waals surface area (Å²) in [6.45, 7) is 4.60. The molecule has 5 nitrogen and oxygen atoms in total. The van der Waals surface area contributed by atoms with Gasteiger partial charge in [0.2, 0.25) is 5.88 Å². The zero-order valence-electron chi connectivity index (χ0n) is 10.3. The van der Waals surface area contributed by atoms with Crippen molar-refractivity contribution in [1.82, 2.24) is 9.97 Å². The van der Waals surface area contributed by atoms with Gasteiger partial charge in [-0.05, 0) is 13.3 Å². The molecular formula is C11H19N3O2. The molecule has 0 bridgehead atoms. The molecule has 0 aliphatic carbocycles. The highest BCUT2D eigenvalue weighted by Crippen LogP contribution is 2.14. The number of hydrogen-bond acceptors (Lipinski definition) is 5. The lowest BCUT2D eigenvalue weighted by molar-refractivity contribution is 0.177. The van der Waals surface area contributed by atoms with Crippen LogP contribution in [-0.2, 0) is 11.3 Å². The number of nitrogens with zero attached hydrogens (tertiary/aromatic N) is 2. The first-order valence-corrected chi connectivity index (χ1v) is 5.37. The zero-order valence-corrected chi connectivity index (χ0v) is 10.3. The highest BCUT2D eigenvalue weighted by Gasteiger charge is 2.06. The Morgan fingerprint density at radius 1 is 1.38 bits per heavy atom. The van der Waals surface area contributed by atoms with Crippen LogP contribution in [0.25, 0.3) is 0 Å². The van der Waals surface area contributed by atoms with Crippen LogP contribution >= 0.6 is 0 Å². The molecule has 0 amide bonds. The molecule has 0 aromatic carbocycles. The Labute approximate surface area is 96.2 Å². The van der Waals surface area contributed by atoms with Gasteiger partial charge in [-0.2, -0.15) is 4.98 Å². The number of anilines is 1. The van der Waals surface area contributed by atoms with Crippen molar-refractivity contribution in [2.75, 3.05) is 19.5 Å². The Bertz CT molecular complexity index is 331. The van der Waals surface area contributed by atoms with E-state index in [0.29, 0.717) is 24.4 Å². The van der Waals surface area contributed by atoms with Gasteiger partial charge >= 0.3 is 0 Å². The Hall–Kier alpha value is -1.36. The molecular weight excluding hydrogens is 206 g/mol. The predicted octanol–water partition coefficient (Wildman–Crippen LogP) is 1.84. The second-order valence-corrected chi connectivity index (χ2v) is 3.60. The highest BCUT2D eigenvalue weighted by molar-refractivity contribution is 5.39. The number of ether oxygens (including phenoxy) is 2. The van der Waals surface area contributed by atoms with E-state index >= 15 is 0 Å². The Kier molecular flexibility index (Phi) is 4.98. The number of aromatic nitrogens is 2. The first-order valence-electron chi connectivity index (χ1n) is 5.37. The van der Waals surface area contributed by atoms with Gasteiger partial charge < -0.3 is 14.8 Å². The van der Waals surface area contributed by atoms with Gasteiger partial charge in [-0.15, -0.1) is 0 Å². The van der Waals surface area contributed by atoms with Gasteiger partial charge in [0, 0.05) is 19.2 Å². The molecule has 5 heteroatoms. The van der Waals surface area contributed by atoms with Crippen LogP contribution in [0.1, 0.15) is 26.1 Å². The second-order valence-electron chi connectivity index (χ2n) is 3.60. The predicted molar refractivity (Wildman–Crippen MR) is 62.7 cm³/mol. The maximum absolute atomic E-state index is 5.11. The third-order valence-corrected chi connectivity index (χ3v) is 2.24. The third-order valence-electron chi connectivity index (χ3n) is 2.24. The Morgan fingerprint density at radius 3 is 2.69 bits per heavy atom. The molecule has 1 unspecified atom stereocenters. The quantitative estimate of drug-likeness (QED) is 0.800. The van der Waals surface area contributed by atoms with E-state index < -0.39 is 0 Å². The number of methoxy groups -OCH3 is 2. The second kappa shape index (κ2) is 6.27. The van der Waals surface area contributed by atoms with Gasteiger partial charge in [0.05, 0.1) is 7.11 Å². The molecule has 0 radical (unpaired) electrons. The SMILES string of the molecule is CCC(C)Nc1cc(OC)nc(COC)n1. The van der Waals surface area contributed by atoms with E-state index in [1.807, 2.05) is 0 Å². The van der Waals surface area contributed by atoms with Gasteiger partial charge in [-0.1, -0.05) is 6.92 Å². The van der Waals surface area contributed by atoms with Crippen LogP contribution in [0.15, 0.2) is 6.07 Å². The molecule has 0 fully saturated rings. The van der Waals surface area contributed by atoms with Gasteiger partial charge in [-0.3, -0.25) is 0 Å². The minimum absolute atomic E-state index is 0.370. The van der Waals surface area contributed by atoms with E-state index in [-0.39, 0.29) is 0 Å². The van der Waals surface area contributed by atoms with Crippen molar-refractivity contribution < 1.29 is 9.47 Å². The summed E-state index contributed by atoms with van der Waals surface area (Å²) in [5, 5.41) is 3.28. The fraction of sp³-hybridized carbons (Fsp3) is 0.636. The average molecular weight is 225 g/mol. The molecule has 0 aliphatic heterocycles. The molecule has 1 heterocycles. The number of rotatable bonds is 6. The molecule has 1 aromatic heterocycles. The standard InChI is InChI=1S/C11H19N3O2/c1-5-8(2)12-9-6-11(16-4)14-10(13-9)7-15-3/h6,8H,5,7H2,1-4H3,(H,12,13,14). The molecule has 0 saturated heterocycles. The van der Waals surface area contributed by atoms with Gasteiger partial charge in [0.15, 0.2) is 5.82 Å². The van der Waals surface area contributed by atoms with Crippen molar-refractivity contribution in [3.8, 4) is 5.88 Å². The molecule has 0 aliphatic rings. The molecule has 0 saturated carbocycles. The molecule has 16 heavy (non-hydrogen) atoms. The first-order chi connectivity index (χ1) is 7.69. The smallest absolute Gasteiger partial charge is 0.218 e. The fourth-order valence-electron chi connectivity index (χ4n) is 1.20. The van der Waals surface area contributed by atoms with Crippen LogP contribution in [0.3, 0.4) is 0 Å². The summed E-state index contributed by atoms with van der Waals surface area (Å²) in [6.07, 6.45) is 1.03. The lowest BCUT2D eigenvalue weighted by Crippen LogP contribution is -2.15. The van der Waals surface area contributed by atoms with E-state index in [2.05, 4.69) is 29.1 Å². The summed E-state index contributed by atoms with van der Waals surface area (Å²) in [5.41, 5.74) is 0. The van der Waals surface area contributed by atoms with Crippen LogP contribution in [0.2, 0.25) is 0 Å². The van der Waals surface area contributed by atoms with Crippen LogP contribution in [0.4, 0.5) is 5.82 Å². The summed E-state index contributed by atoms with van der Waals surface area (Å²) < 4.78 is 10.1. The number of nitrogens with one attached hydrogen (secondary N) is 1. The highest BCUT2D eigenvalue weighted by atomic mass is 16.5. The molecule has 1 atom stereocenters. The number of hydrogen-bond donors (Lipinski definition) is 1. The summed E-state index contributed by atoms with van der Waals surface area (Å²) in [7, 11) is 3.20. The van der Waals surface area contributed by atoms with Crippen molar-refractivity contribution in [2.45, 2.75) is 32.9 Å². The van der Waals surface area contributed by atoms with E-state index in [0.717, 1.165) is 12.2 Å². The van der Waals surface area contributed by atoms with E-state index in [9.17, 15) is 0 Å². The summed E-state index contributed by atoms with van der Waals surface area (Å²) in [6, 6.07) is 2.15. The average Bonchev–Trinajstić information content (AvgIpc) is 2.29. The third kappa shape index (κ3) is 3.66. The van der Waals surface area contributed by atoms with E-state index in [1.165, 1.54) is 0 Å². The lowest BCUT2D eigenvalue weighted by Gasteiger charge is -2.13. The topological polar surface area (TPSA) is 56.3 Å². The monoisotopic (exact) mass is 225 g/mol. The molecule has 1 N–H and O–H groups in total. The molecule has 1 rings (SSSR count). The summed E-state index contributed by atoms with van der Waals surface area (Å²) >= 11 is 0. The Balaban J connectivity index is 2.85. The van der Waals surface area contributed by atoms with Gasteiger partial charge in [0.25, 0.3) is 0 Å². The van der Waals surface area contributed by atoms with Crippen LogP contribution < -0.4 is 10.1 Å². The van der Waals surface area contributed by atoms with Crippen molar-refractivity contribution >= 4 is 5.82 Å². The molecule has 90 valence electrons. The van der Waals surface area contributed by atoms with Crippen molar-refractivity contribution in [2.24, 2.45) is 0 Å². The maximum atomic E-state index is 5.11. The summed E-state index contributed by atoms with van der Waals surface area (Å²) in [5.74, 6) is 1.94. The van der Waals surface area contributed by atoms with Crippen LogP contribution in [-0.4, -0.2) is 30.2 Å². The van der Waals surface area contributed by atoms with Crippen LogP contribution in [0, 0.1) is 0 Å². The van der Waals surface area contributed by atoms with E-state index in [4.69, 9.17) is 9.47 Å². The lowest BCUT2D eigenvalue weighted by atomic mass is 10.2. The summed E-state index contributed by atoms with van der Waals surface area (Å²) in [4.78, 5) is 8.51. The van der Waals surface area contributed by atoms with Crippen molar-refractivity contribution in [3.05, 3.63) is 11.9 Å². The van der Waals surface area contributed by atoms with Crippen LogP contribution in [0.5, 0.6) is 5.88 Å². The van der Waals surface area contributed by atoms with E-state index in [1.54, 1.807) is 20.3 Å². The first kappa shape index (κ1) is 12.7. The van der Waals surface area contributed by atoms with Gasteiger partial charge in [0.1, 0.15) is 12.4 Å². The van der Waals surface area contributed by atoms with Crippen molar-refractivity contribution in [3.63, 3.8) is 0 Å². The zero-order chi connectivity index (χ0) is 12.0. The molecule has 1 aromatic rings. The Morgan fingerprint density at radius 2 is 2.12 bits per heavy atom. The molecule has 0 spiro atoms.